The molecule has 1 atom stereocenters. The predicted octanol–water partition coefficient (Wildman–Crippen LogP) is 2.30. The fourth-order valence-electron chi connectivity index (χ4n) is 1.31. The van der Waals surface area contributed by atoms with Gasteiger partial charge in [0.2, 0.25) is 0 Å². The highest BCUT2D eigenvalue weighted by Gasteiger charge is 2.14. The SMILES string of the molecule is CCc1occc1C(O)COC(C)C. The van der Waals surface area contributed by atoms with Gasteiger partial charge in [-0.3, -0.25) is 0 Å². The second-order valence-corrected chi connectivity index (χ2v) is 3.55. The average molecular weight is 198 g/mol. The molecule has 3 nitrogen and oxygen atoms in total. The highest BCUT2D eigenvalue weighted by molar-refractivity contribution is 5.19. The van der Waals surface area contributed by atoms with Gasteiger partial charge in [0.15, 0.2) is 0 Å². The fraction of sp³-hybridized carbons (Fsp3) is 0.636. The Kier molecular flexibility index (Phi) is 4.17. The normalized spacial score (nSPS) is 13.5. The topological polar surface area (TPSA) is 42.6 Å². The molecule has 0 amide bonds. The van der Waals surface area contributed by atoms with E-state index >= 15 is 0 Å². The Balaban J connectivity index is 2.55. The molecule has 0 spiro atoms. The number of aryl methyl sites for hydroxylation is 1. The van der Waals surface area contributed by atoms with Gasteiger partial charge in [-0.2, -0.15) is 0 Å². The average Bonchev–Trinajstić information content (AvgIpc) is 2.61. The summed E-state index contributed by atoms with van der Waals surface area (Å²) >= 11 is 0. The van der Waals surface area contributed by atoms with Crippen molar-refractivity contribution < 1.29 is 14.3 Å². The van der Waals surface area contributed by atoms with Crippen molar-refractivity contribution >= 4 is 0 Å². The lowest BCUT2D eigenvalue weighted by atomic mass is 10.1. The van der Waals surface area contributed by atoms with E-state index in [9.17, 15) is 5.11 Å². The Morgan fingerprint density at radius 2 is 2.21 bits per heavy atom. The van der Waals surface area contributed by atoms with Crippen LogP contribution in [-0.4, -0.2) is 17.8 Å². The number of hydrogen-bond acceptors (Lipinski definition) is 3. The first kappa shape index (κ1) is 11.3. The number of aliphatic hydroxyl groups excluding tert-OH is 1. The van der Waals surface area contributed by atoms with E-state index in [0.717, 1.165) is 17.7 Å². The molecular weight excluding hydrogens is 180 g/mol. The lowest BCUT2D eigenvalue weighted by Crippen LogP contribution is -2.12. The number of hydrogen-bond donors (Lipinski definition) is 1. The van der Waals surface area contributed by atoms with E-state index in [1.165, 1.54) is 0 Å². The molecule has 0 radical (unpaired) electrons. The van der Waals surface area contributed by atoms with Gasteiger partial charge in [0.1, 0.15) is 11.9 Å². The quantitative estimate of drug-likeness (QED) is 0.789. The van der Waals surface area contributed by atoms with Crippen LogP contribution in [0.3, 0.4) is 0 Å². The summed E-state index contributed by atoms with van der Waals surface area (Å²) in [6.45, 7) is 6.22. The fourth-order valence-corrected chi connectivity index (χ4v) is 1.31. The first-order valence-corrected chi connectivity index (χ1v) is 5.01. The summed E-state index contributed by atoms with van der Waals surface area (Å²) in [5.74, 6) is 0.838. The largest absolute Gasteiger partial charge is 0.469 e. The number of aliphatic hydroxyl groups is 1. The molecule has 0 aliphatic carbocycles. The van der Waals surface area contributed by atoms with Gasteiger partial charge in [-0.15, -0.1) is 0 Å². The van der Waals surface area contributed by atoms with Crippen LogP contribution >= 0.6 is 0 Å². The maximum Gasteiger partial charge on any atom is 0.109 e. The zero-order chi connectivity index (χ0) is 10.6. The van der Waals surface area contributed by atoms with Crippen LogP contribution in [0, 0.1) is 0 Å². The van der Waals surface area contributed by atoms with E-state index in [4.69, 9.17) is 9.15 Å². The van der Waals surface area contributed by atoms with Crippen molar-refractivity contribution in [2.75, 3.05) is 6.61 Å². The molecule has 0 aromatic carbocycles. The van der Waals surface area contributed by atoms with Gasteiger partial charge in [0.25, 0.3) is 0 Å². The molecule has 0 aliphatic heterocycles. The Hall–Kier alpha value is -0.800. The molecule has 1 rings (SSSR count). The van der Waals surface area contributed by atoms with E-state index in [0.29, 0.717) is 6.61 Å². The first-order chi connectivity index (χ1) is 6.65. The van der Waals surface area contributed by atoms with Crippen LogP contribution < -0.4 is 0 Å². The van der Waals surface area contributed by atoms with Crippen LogP contribution in [0.2, 0.25) is 0 Å². The smallest absolute Gasteiger partial charge is 0.109 e. The second-order valence-electron chi connectivity index (χ2n) is 3.55. The van der Waals surface area contributed by atoms with Gasteiger partial charge in [-0.25, -0.2) is 0 Å². The zero-order valence-corrected chi connectivity index (χ0v) is 8.99. The van der Waals surface area contributed by atoms with Crippen molar-refractivity contribution in [2.24, 2.45) is 0 Å². The third-order valence-electron chi connectivity index (χ3n) is 2.05. The highest BCUT2D eigenvalue weighted by atomic mass is 16.5. The number of ether oxygens (including phenoxy) is 1. The van der Waals surface area contributed by atoms with Crippen LogP contribution in [0.1, 0.15) is 38.2 Å². The van der Waals surface area contributed by atoms with Crippen LogP contribution in [0.25, 0.3) is 0 Å². The molecule has 0 aliphatic rings. The third kappa shape index (κ3) is 2.86. The Morgan fingerprint density at radius 1 is 1.50 bits per heavy atom. The lowest BCUT2D eigenvalue weighted by Gasteiger charge is -2.13. The molecule has 1 aromatic heterocycles. The molecule has 3 heteroatoms. The summed E-state index contributed by atoms with van der Waals surface area (Å²) in [7, 11) is 0. The molecule has 1 unspecified atom stereocenters. The summed E-state index contributed by atoms with van der Waals surface area (Å²) < 4.78 is 10.6. The van der Waals surface area contributed by atoms with Crippen molar-refractivity contribution in [1.29, 1.82) is 0 Å². The van der Waals surface area contributed by atoms with E-state index in [1.807, 2.05) is 20.8 Å². The van der Waals surface area contributed by atoms with Gasteiger partial charge in [0, 0.05) is 12.0 Å². The summed E-state index contributed by atoms with van der Waals surface area (Å²) in [5.41, 5.74) is 0.841. The lowest BCUT2D eigenvalue weighted by molar-refractivity contribution is 0.00429. The summed E-state index contributed by atoms with van der Waals surface area (Å²) in [5, 5.41) is 9.79. The highest BCUT2D eigenvalue weighted by Crippen LogP contribution is 2.20. The molecular formula is C11H18O3. The molecule has 0 fully saturated rings. The Bertz CT molecular complexity index is 265. The van der Waals surface area contributed by atoms with Crippen molar-refractivity contribution in [1.82, 2.24) is 0 Å². The van der Waals surface area contributed by atoms with E-state index in [1.54, 1.807) is 12.3 Å². The number of furan rings is 1. The van der Waals surface area contributed by atoms with Gasteiger partial charge in [-0.1, -0.05) is 6.92 Å². The standard InChI is InChI=1S/C11H18O3/c1-4-11-9(5-6-13-11)10(12)7-14-8(2)3/h5-6,8,10,12H,4,7H2,1-3H3. The van der Waals surface area contributed by atoms with Crippen LogP contribution in [0.15, 0.2) is 16.7 Å². The molecule has 0 bridgehead atoms. The van der Waals surface area contributed by atoms with Gasteiger partial charge >= 0.3 is 0 Å². The van der Waals surface area contributed by atoms with E-state index in [-0.39, 0.29) is 6.10 Å². The number of rotatable bonds is 5. The van der Waals surface area contributed by atoms with Crippen molar-refractivity contribution in [3.05, 3.63) is 23.7 Å². The Morgan fingerprint density at radius 3 is 2.79 bits per heavy atom. The predicted molar refractivity (Wildman–Crippen MR) is 54.1 cm³/mol. The van der Waals surface area contributed by atoms with Crippen LogP contribution in [0.5, 0.6) is 0 Å². The van der Waals surface area contributed by atoms with E-state index in [2.05, 4.69) is 0 Å². The summed E-state index contributed by atoms with van der Waals surface area (Å²) in [6.07, 6.45) is 1.96. The third-order valence-corrected chi connectivity index (χ3v) is 2.05. The van der Waals surface area contributed by atoms with Crippen molar-refractivity contribution in [3.8, 4) is 0 Å². The molecule has 1 heterocycles. The molecule has 0 saturated heterocycles. The molecule has 1 N–H and O–H groups in total. The van der Waals surface area contributed by atoms with Crippen molar-refractivity contribution in [2.45, 2.75) is 39.4 Å². The van der Waals surface area contributed by atoms with E-state index < -0.39 is 6.10 Å². The summed E-state index contributed by atoms with van der Waals surface area (Å²) in [4.78, 5) is 0. The minimum absolute atomic E-state index is 0.140. The van der Waals surface area contributed by atoms with Gasteiger partial charge in [0.05, 0.1) is 19.0 Å². The molecule has 0 saturated carbocycles. The maximum absolute atomic E-state index is 9.79. The van der Waals surface area contributed by atoms with Crippen LogP contribution in [0.4, 0.5) is 0 Å². The Labute approximate surface area is 84.7 Å². The molecule has 80 valence electrons. The van der Waals surface area contributed by atoms with Crippen LogP contribution in [-0.2, 0) is 11.2 Å². The minimum atomic E-state index is -0.578. The monoisotopic (exact) mass is 198 g/mol. The minimum Gasteiger partial charge on any atom is -0.469 e. The zero-order valence-electron chi connectivity index (χ0n) is 8.99. The molecule has 14 heavy (non-hydrogen) atoms. The maximum atomic E-state index is 9.79. The summed E-state index contributed by atoms with van der Waals surface area (Å²) in [6, 6.07) is 1.80. The molecule has 1 aromatic rings. The van der Waals surface area contributed by atoms with Gasteiger partial charge in [-0.05, 0) is 19.9 Å². The first-order valence-electron chi connectivity index (χ1n) is 5.01. The second kappa shape index (κ2) is 5.17. The van der Waals surface area contributed by atoms with Crippen molar-refractivity contribution in [3.63, 3.8) is 0 Å². The van der Waals surface area contributed by atoms with Gasteiger partial charge < -0.3 is 14.3 Å².